The van der Waals surface area contributed by atoms with E-state index in [2.05, 4.69) is 10.4 Å². The topological polar surface area (TPSA) is 90.1 Å². The van der Waals surface area contributed by atoms with Gasteiger partial charge < -0.3 is 5.32 Å². The number of hydrogen-bond donors (Lipinski definition) is 1. The predicted octanol–water partition coefficient (Wildman–Crippen LogP) is 1.92. The third-order valence-electron chi connectivity index (χ3n) is 3.06. The van der Waals surface area contributed by atoms with Crippen molar-refractivity contribution in [3.8, 4) is 0 Å². The molecular formula is C14H16N4O3. The first-order chi connectivity index (χ1) is 10.1. The van der Waals surface area contributed by atoms with E-state index in [4.69, 9.17) is 0 Å². The Morgan fingerprint density at radius 1 is 1.48 bits per heavy atom. The smallest absolute Gasteiger partial charge is 0.272 e. The Morgan fingerprint density at radius 2 is 2.29 bits per heavy atom. The molecule has 2 aromatic rings. The first-order valence-electron chi connectivity index (χ1n) is 6.58. The van der Waals surface area contributed by atoms with Crippen molar-refractivity contribution in [2.45, 2.75) is 19.9 Å². The molecule has 1 heterocycles. The van der Waals surface area contributed by atoms with E-state index < -0.39 is 4.92 Å². The summed E-state index contributed by atoms with van der Waals surface area (Å²) in [5.41, 5.74) is 0.923. The normalized spacial score (nSPS) is 10.3. The first-order valence-corrected chi connectivity index (χ1v) is 6.58. The van der Waals surface area contributed by atoms with Crippen LogP contribution in [0, 0.1) is 17.0 Å². The minimum Gasteiger partial charge on any atom is -0.352 e. The molecule has 1 N–H and O–H groups in total. The van der Waals surface area contributed by atoms with Gasteiger partial charge in [-0.05, 0) is 31.5 Å². The Hall–Kier alpha value is -2.70. The van der Waals surface area contributed by atoms with E-state index >= 15 is 0 Å². The second-order valence-corrected chi connectivity index (χ2v) is 4.64. The minimum atomic E-state index is -0.457. The zero-order valence-corrected chi connectivity index (χ0v) is 11.7. The lowest BCUT2D eigenvalue weighted by atomic mass is 10.1. The number of hydrogen-bond acceptors (Lipinski definition) is 4. The van der Waals surface area contributed by atoms with Gasteiger partial charge >= 0.3 is 0 Å². The molecule has 2 rings (SSSR count). The zero-order chi connectivity index (χ0) is 15.2. The van der Waals surface area contributed by atoms with Crippen LogP contribution in [0.4, 0.5) is 5.69 Å². The summed E-state index contributed by atoms with van der Waals surface area (Å²) < 4.78 is 1.79. The third kappa shape index (κ3) is 3.88. The van der Waals surface area contributed by atoms with Crippen LogP contribution in [-0.4, -0.2) is 27.2 Å². The summed E-state index contributed by atoms with van der Waals surface area (Å²) in [6.45, 7) is 2.87. The summed E-state index contributed by atoms with van der Waals surface area (Å²) in [6, 6.07) is 6.20. The molecule has 0 saturated carbocycles. The SMILES string of the molecule is Cc1cc(C(=O)NCCCn2cccn2)ccc1[N+](=O)[O-]. The third-order valence-corrected chi connectivity index (χ3v) is 3.06. The number of benzene rings is 1. The standard InChI is InChI=1S/C14H16N4O3/c1-11-10-12(4-5-13(11)18(20)21)14(19)15-6-2-8-17-9-3-7-16-17/h3-5,7,9-10H,2,6,8H2,1H3,(H,15,19). The molecule has 0 aliphatic rings. The van der Waals surface area contributed by atoms with Gasteiger partial charge in [0.05, 0.1) is 4.92 Å². The van der Waals surface area contributed by atoms with Crippen molar-refractivity contribution in [3.63, 3.8) is 0 Å². The second-order valence-electron chi connectivity index (χ2n) is 4.64. The van der Waals surface area contributed by atoms with Crippen LogP contribution < -0.4 is 5.32 Å². The largest absolute Gasteiger partial charge is 0.352 e. The molecule has 0 fully saturated rings. The number of nitro groups is 1. The molecule has 0 unspecified atom stereocenters. The van der Waals surface area contributed by atoms with E-state index in [-0.39, 0.29) is 11.6 Å². The van der Waals surface area contributed by atoms with Gasteiger partial charge in [0, 0.05) is 42.7 Å². The maximum absolute atomic E-state index is 11.9. The van der Waals surface area contributed by atoms with Crippen LogP contribution in [0.3, 0.4) is 0 Å². The number of nitrogens with one attached hydrogen (secondary N) is 1. The van der Waals surface area contributed by atoms with E-state index in [1.54, 1.807) is 17.8 Å². The van der Waals surface area contributed by atoms with Gasteiger partial charge in [-0.3, -0.25) is 19.6 Å². The van der Waals surface area contributed by atoms with Gasteiger partial charge in [-0.1, -0.05) is 0 Å². The summed E-state index contributed by atoms with van der Waals surface area (Å²) in [7, 11) is 0. The van der Waals surface area contributed by atoms with Gasteiger partial charge in [0.15, 0.2) is 0 Å². The Bertz CT molecular complexity index is 638. The van der Waals surface area contributed by atoms with E-state index in [9.17, 15) is 14.9 Å². The van der Waals surface area contributed by atoms with Crippen LogP contribution in [0.25, 0.3) is 0 Å². The average Bonchev–Trinajstić information content (AvgIpc) is 2.96. The molecule has 0 aliphatic heterocycles. The van der Waals surface area contributed by atoms with Gasteiger partial charge in [0.2, 0.25) is 0 Å². The van der Waals surface area contributed by atoms with Crippen molar-refractivity contribution >= 4 is 11.6 Å². The van der Waals surface area contributed by atoms with Crippen LogP contribution in [0.1, 0.15) is 22.3 Å². The van der Waals surface area contributed by atoms with Crippen LogP contribution in [0.2, 0.25) is 0 Å². The highest BCUT2D eigenvalue weighted by Crippen LogP contribution is 2.18. The maximum Gasteiger partial charge on any atom is 0.272 e. The summed E-state index contributed by atoms with van der Waals surface area (Å²) in [4.78, 5) is 22.2. The Kier molecular flexibility index (Phi) is 4.65. The maximum atomic E-state index is 11.9. The number of carbonyl (C=O) groups excluding carboxylic acids is 1. The minimum absolute atomic E-state index is 0.0187. The molecule has 1 aromatic heterocycles. The molecule has 7 nitrogen and oxygen atoms in total. The van der Waals surface area contributed by atoms with E-state index in [1.165, 1.54) is 18.2 Å². The molecule has 0 aliphatic carbocycles. The lowest BCUT2D eigenvalue weighted by Crippen LogP contribution is -2.25. The highest BCUT2D eigenvalue weighted by molar-refractivity contribution is 5.94. The van der Waals surface area contributed by atoms with Crippen molar-refractivity contribution in [1.82, 2.24) is 15.1 Å². The monoisotopic (exact) mass is 288 g/mol. The molecular weight excluding hydrogens is 272 g/mol. The molecule has 1 amide bonds. The van der Waals surface area contributed by atoms with Gasteiger partial charge in [0.1, 0.15) is 0 Å². The molecule has 1 aromatic carbocycles. The number of amides is 1. The fourth-order valence-electron chi connectivity index (χ4n) is 1.98. The highest BCUT2D eigenvalue weighted by Gasteiger charge is 2.13. The van der Waals surface area contributed by atoms with Crippen LogP contribution in [0.15, 0.2) is 36.7 Å². The molecule has 110 valence electrons. The van der Waals surface area contributed by atoms with E-state index in [1.807, 2.05) is 12.3 Å². The molecule has 0 spiro atoms. The fraction of sp³-hybridized carbons (Fsp3) is 0.286. The number of aromatic nitrogens is 2. The van der Waals surface area contributed by atoms with E-state index in [0.29, 0.717) is 17.7 Å². The van der Waals surface area contributed by atoms with Crippen molar-refractivity contribution in [1.29, 1.82) is 0 Å². The predicted molar refractivity (Wildman–Crippen MR) is 77.0 cm³/mol. The molecule has 0 bridgehead atoms. The summed E-state index contributed by atoms with van der Waals surface area (Å²) in [5.74, 6) is -0.228. The Balaban J connectivity index is 1.85. The Labute approximate surface area is 121 Å². The van der Waals surface area contributed by atoms with Crippen LogP contribution in [-0.2, 0) is 6.54 Å². The van der Waals surface area contributed by atoms with Gasteiger partial charge in [-0.2, -0.15) is 5.10 Å². The molecule has 7 heteroatoms. The Morgan fingerprint density at radius 3 is 2.90 bits per heavy atom. The van der Waals surface area contributed by atoms with E-state index in [0.717, 1.165) is 13.0 Å². The van der Waals surface area contributed by atoms with Crippen molar-refractivity contribution in [2.75, 3.05) is 6.54 Å². The first kappa shape index (κ1) is 14.7. The van der Waals surface area contributed by atoms with Crippen molar-refractivity contribution in [2.24, 2.45) is 0 Å². The molecule has 21 heavy (non-hydrogen) atoms. The van der Waals surface area contributed by atoms with Crippen molar-refractivity contribution in [3.05, 3.63) is 57.9 Å². The molecule has 0 radical (unpaired) electrons. The number of nitrogens with zero attached hydrogens (tertiary/aromatic N) is 3. The molecule has 0 atom stereocenters. The number of aryl methyl sites for hydroxylation is 2. The molecule has 0 saturated heterocycles. The number of nitro benzene ring substituents is 1. The van der Waals surface area contributed by atoms with Crippen LogP contribution in [0.5, 0.6) is 0 Å². The van der Waals surface area contributed by atoms with Gasteiger partial charge in [-0.25, -0.2) is 0 Å². The number of rotatable bonds is 6. The highest BCUT2D eigenvalue weighted by atomic mass is 16.6. The number of carbonyl (C=O) groups is 1. The van der Waals surface area contributed by atoms with Crippen LogP contribution >= 0.6 is 0 Å². The summed E-state index contributed by atoms with van der Waals surface area (Å²) >= 11 is 0. The average molecular weight is 288 g/mol. The summed E-state index contributed by atoms with van der Waals surface area (Å²) in [6.07, 6.45) is 4.33. The lowest BCUT2D eigenvalue weighted by molar-refractivity contribution is -0.385. The second kappa shape index (κ2) is 6.65. The fourth-order valence-corrected chi connectivity index (χ4v) is 1.98. The zero-order valence-electron chi connectivity index (χ0n) is 11.7. The van der Waals surface area contributed by atoms with Crippen molar-refractivity contribution < 1.29 is 9.72 Å². The van der Waals surface area contributed by atoms with Gasteiger partial charge in [-0.15, -0.1) is 0 Å². The van der Waals surface area contributed by atoms with Gasteiger partial charge in [0.25, 0.3) is 11.6 Å². The quantitative estimate of drug-likeness (QED) is 0.499. The summed E-state index contributed by atoms with van der Waals surface area (Å²) in [5, 5.41) is 17.6. The lowest BCUT2D eigenvalue weighted by Gasteiger charge is -2.06.